The van der Waals surface area contributed by atoms with E-state index in [1.54, 1.807) is 0 Å². The molecule has 2 fully saturated rings. The fourth-order valence-electron chi connectivity index (χ4n) is 4.96. The number of amides is 1. The zero-order chi connectivity index (χ0) is 24.4. The summed E-state index contributed by atoms with van der Waals surface area (Å²) in [5.74, 6) is 2.12. The molecule has 5 rings (SSSR count). The maximum absolute atomic E-state index is 13.2. The number of benzene rings is 1. The lowest BCUT2D eigenvalue weighted by atomic mass is 10.0. The van der Waals surface area contributed by atoms with Gasteiger partial charge in [0.15, 0.2) is 11.5 Å². The molecule has 4 heterocycles. The molecule has 35 heavy (non-hydrogen) atoms. The Kier molecular flexibility index (Phi) is 6.73. The van der Waals surface area contributed by atoms with Crippen LogP contribution in [0.25, 0.3) is 0 Å². The van der Waals surface area contributed by atoms with E-state index < -0.39 is 11.7 Å². The zero-order valence-electron chi connectivity index (χ0n) is 19.5. The van der Waals surface area contributed by atoms with Crippen LogP contribution in [-0.4, -0.2) is 73.2 Å². The monoisotopic (exact) mass is 490 g/mol. The van der Waals surface area contributed by atoms with E-state index in [0.717, 1.165) is 55.1 Å². The van der Waals surface area contributed by atoms with E-state index in [1.165, 1.54) is 6.07 Å². The summed E-state index contributed by atoms with van der Waals surface area (Å²) in [4.78, 5) is 23.2. The maximum atomic E-state index is 13.2. The number of fused-ring (bicyclic) bond motifs is 1. The number of carbonyl (C=O) groups is 1. The lowest BCUT2D eigenvalue weighted by molar-refractivity contribution is -0.137. The van der Waals surface area contributed by atoms with Crippen molar-refractivity contribution in [3.05, 3.63) is 47.7 Å². The molecule has 0 bridgehead atoms. The van der Waals surface area contributed by atoms with E-state index in [9.17, 15) is 18.0 Å². The third kappa shape index (κ3) is 5.32. The lowest BCUT2D eigenvalue weighted by Crippen LogP contribution is -2.50. The van der Waals surface area contributed by atoms with Gasteiger partial charge in [0.2, 0.25) is 5.91 Å². The van der Waals surface area contributed by atoms with Crippen molar-refractivity contribution < 1.29 is 27.4 Å². The number of alkyl halides is 3. The predicted molar refractivity (Wildman–Crippen MR) is 124 cm³/mol. The Morgan fingerprint density at radius 2 is 1.74 bits per heavy atom. The Labute approximate surface area is 202 Å². The summed E-state index contributed by atoms with van der Waals surface area (Å²) in [6.07, 6.45) is -0.799. The molecule has 2 saturated heterocycles. The van der Waals surface area contributed by atoms with Gasteiger partial charge in [-0.3, -0.25) is 9.69 Å². The number of halogens is 3. The van der Waals surface area contributed by atoms with Crippen LogP contribution in [0.4, 0.5) is 19.0 Å². The van der Waals surface area contributed by atoms with Crippen molar-refractivity contribution in [2.75, 3.05) is 57.4 Å². The maximum Gasteiger partial charge on any atom is 0.417 e. The number of likely N-dealkylation sites (tertiary alicyclic amines) is 1. The van der Waals surface area contributed by atoms with Crippen LogP contribution in [0.1, 0.15) is 36.4 Å². The number of rotatable bonds is 4. The molecule has 2 aromatic rings. The molecular weight excluding hydrogens is 461 g/mol. The number of ether oxygens (including phenoxy) is 2. The lowest BCUT2D eigenvalue weighted by Gasteiger charge is -2.36. The average Bonchev–Trinajstić information content (AvgIpc) is 3.23. The number of hydrogen-bond donors (Lipinski definition) is 0. The van der Waals surface area contributed by atoms with Crippen LogP contribution >= 0.6 is 0 Å². The second-order valence-electron chi connectivity index (χ2n) is 9.17. The molecule has 10 heteroatoms. The number of hydrogen-bond acceptors (Lipinski definition) is 6. The SMILES string of the molecule is O=C(CN1CCN(c2ccc(C(F)(F)F)cn2)CC1)N1CCCC1c1ccc2c(c1)OCCCO2. The topological polar surface area (TPSA) is 58.1 Å². The molecule has 1 atom stereocenters. The van der Waals surface area contributed by atoms with Crippen molar-refractivity contribution in [3.8, 4) is 11.5 Å². The predicted octanol–water partition coefficient (Wildman–Crippen LogP) is 3.75. The summed E-state index contributed by atoms with van der Waals surface area (Å²) < 4.78 is 49.9. The van der Waals surface area contributed by atoms with Crippen LogP contribution in [0.5, 0.6) is 11.5 Å². The first-order valence-electron chi connectivity index (χ1n) is 12.1. The second-order valence-corrected chi connectivity index (χ2v) is 9.17. The summed E-state index contributed by atoms with van der Waals surface area (Å²) in [6.45, 7) is 4.84. The first-order valence-corrected chi connectivity index (χ1v) is 12.1. The van der Waals surface area contributed by atoms with Gasteiger partial charge in [0, 0.05) is 45.3 Å². The minimum atomic E-state index is -4.39. The zero-order valence-corrected chi connectivity index (χ0v) is 19.5. The molecule has 1 amide bonds. The van der Waals surface area contributed by atoms with E-state index in [2.05, 4.69) is 9.88 Å². The molecule has 0 aliphatic carbocycles. The van der Waals surface area contributed by atoms with Crippen LogP contribution < -0.4 is 14.4 Å². The first-order chi connectivity index (χ1) is 16.9. The molecular formula is C25H29F3N4O3. The van der Waals surface area contributed by atoms with Gasteiger partial charge in [-0.2, -0.15) is 13.2 Å². The van der Waals surface area contributed by atoms with Crippen LogP contribution in [-0.2, 0) is 11.0 Å². The summed E-state index contributed by atoms with van der Waals surface area (Å²) in [5.41, 5.74) is 0.317. The molecule has 1 unspecified atom stereocenters. The Bertz CT molecular complexity index is 1040. The number of aromatic nitrogens is 1. The summed E-state index contributed by atoms with van der Waals surface area (Å²) in [5, 5.41) is 0. The summed E-state index contributed by atoms with van der Waals surface area (Å²) in [6, 6.07) is 8.47. The number of piperazine rings is 1. The van der Waals surface area contributed by atoms with E-state index in [1.807, 2.05) is 28.0 Å². The highest BCUT2D eigenvalue weighted by Gasteiger charge is 2.33. The quantitative estimate of drug-likeness (QED) is 0.651. The highest BCUT2D eigenvalue weighted by molar-refractivity contribution is 5.79. The van der Waals surface area contributed by atoms with E-state index in [4.69, 9.17) is 9.47 Å². The third-order valence-electron chi connectivity index (χ3n) is 6.86. The molecule has 0 saturated carbocycles. The molecule has 0 N–H and O–H groups in total. The van der Waals surface area contributed by atoms with Crippen molar-refractivity contribution in [1.29, 1.82) is 0 Å². The fraction of sp³-hybridized carbons (Fsp3) is 0.520. The molecule has 3 aliphatic rings. The van der Waals surface area contributed by atoms with Gasteiger partial charge in [0.1, 0.15) is 5.82 Å². The smallest absolute Gasteiger partial charge is 0.417 e. The van der Waals surface area contributed by atoms with Crippen LogP contribution in [0, 0.1) is 0 Å². The van der Waals surface area contributed by atoms with Gasteiger partial charge in [-0.25, -0.2) is 4.98 Å². The highest BCUT2D eigenvalue weighted by Crippen LogP contribution is 2.38. The molecule has 1 aromatic heterocycles. The van der Waals surface area contributed by atoms with Crippen molar-refractivity contribution in [1.82, 2.24) is 14.8 Å². The second kappa shape index (κ2) is 9.93. The number of carbonyl (C=O) groups excluding carboxylic acids is 1. The normalized spacial score (nSPS) is 21.2. The van der Waals surface area contributed by atoms with Crippen molar-refractivity contribution in [3.63, 3.8) is 0 Å². The Morgan fingerprint density at radius 3 is 2.46 bits per heavy atom. The minimum Gasteiger partial charge on any atom is -0.490 e. The van der Waals surface area contributed by atoms with Crippen LogP contribution in [0.2, 0.25) is 0 Å². The van der Waals surface area contributed by atoms with Gasteiger partial charge in [0.05, 0.1) is 31.4 Å². The van der Waals surface area contributed by atoms with Gasteiger partial charge < -0.3 is 19.3 Å². The van der Waals surface area contributed by atoms with Crippen molar-refractivity contribution in [2.24, 2.45) is 0 Å². The van der Waals surface area contributed by atoms with Gasteiger partial charge in [-0.15, -0.1) is 0 Å². The van der Waals surface area contributed by atoms with E-state index in [-0.39, 0.29) is 11.9 Å². The largest absolute Gasteiger partial charge is 0.490 e. The fourth-order valence-corrected chi connectivity index (χ4v) is 4.96. The number of pyridine rings is 1. The molecule has 0 radical (unpaired) electrons. The Morgan fingerprint density at radius 1 is 0.971 bits per heavy atom. The first kappa shape index (κ1) is 23.7. The highest BCUT2D eigenvalue weighted by atomic mass is 19.4. The van der Waals surface area contributed by atoms with E-state index >= 15 is 0 Å². The van der Waals surface area contributed by atoms with Crippen molar-refractivity contribution in [2.45, 2.75) is 31.5 Å². The summed E-state index contributed by atoms with van der Waals surface area (Å²) >= 11 is 0. The van der Waals surface area contributed by atoms with E-state index in [0.29, 0.717) is 51.8 Å². The molecule has 7 nitrogen and oxygen atoms in total. The summed E-state index contributed by atoms with van der Waals surface area (Å²) in [7, 11) is 0. The Balaban J connectivity index is 1.17. The number of anilines is 1. The van der Waals surface area contributed by atoms with Crippen LogP contribution in [0.3, 0.4) is 0 Å². The van der Waals surface area contributed by atoms with Crippen LogP contribution in [0.15, 0.2) is 36.5 Å². The van der Waals surface area contributed by atoms with Crippen molar-refractivity contribution >= 4 is 11.7 Å². The standard InChI is InChI=1S/C25H29F3N4O3/c26-25(27,28)19-5-7-23(29-16-19)31-11-9-30(10-12-31)17-24(33)32-8-1-3-20(32)18-4-6-21-22(15-18)35-14-2-13-34-21/h4-7,15-16,20H,1-3,8-14,17H2. The average molecular weight is 491 g/mol. The molecule has 0 spiro atoms. The molecule has 3 aliphatic heterocycles. The van der Waals surface area contributed by atoms with Gasteiger partial charge in [-0.1, -0.05) is 6.07 Å². The molecule has 188 valence electrons. The number of nitrogens with zero attached hydrogens (tertiary/aromatic N) is 4. The minimum absolute atomic E-state index is 0.0253. The third-order valence-corrected chi connectivity index (χ3v) is 6.86. The van der Waals surface area contributed by atoms with Gasteiger partial charge in [-0.05, 0) is 42.7 Å². The van der Waals surface area contributed by atoms with Gasteiger partial charge >= 0.3 is 6.18 Å². The molecule has 1 aromatic carbocycles. The Hall–Kier alpha value is -3.01. The van der Waals surface area contributed by atoms with Gasteiger partial charge in [0.25, 0.3) is 0 Å².